The molecule has 1 spiro atoms. The Hall–Kier alpha value is -1.39. The summed E-state index contributed by atoms with van der Waals surface area (Å²) < 4.78 is 0. The zero-order valence-electron chi connectivity index (χ0n) is 17.1. The molecule has 28 heavy (non-hydrogen) atoms. The first-order valence-electron chi connectivity index (χ1n) is 11.6. The third-order valence-electron chi connectivity index (χ3n) is 8.20. The summed E-state index contributed by atoms with van der Waals surface area (Å²) in [4.78, 5) is 18.2. The predicted octanol–water partition coefficient (Wildman–Crippen LogP) is 3.88. The van der Waals surface area contributed by atoms with Gasteiger partial charge in [-0.05, 0) is 50.0 Å². The average Bonchev–Trinajstić information content (AvgIpc) is 3.38. The number of rotatable bonds is 3. The Kier molecular flexibility index (Phi) is 5.18. The first kappa shape index (κ1) is 18.6. The highest BCUT2D eigenvalue weighted by molar-refractivity contribution is 5.88. The molecule has 2 saturated carbocycles. The third-order valence-corrected chi connectivity index (χ3v) is 8.20. The predicted molar refractivity (Wildman–Crippen MR) is 112 cm³/mol. The van der Waals surface area contributed by atoms with Crippen LogP contribution in [0.3, 0.4) is 0 Å². The van der Waals surface area contributed by atoms with E-state index in [2.05, 4.69) is 45.4 Å². The minimum absolute atomic E-state index is 0.220. The molecule has 2 aliphatic carbocycles. The number of hydrogen-bond donors (Lipinski definition) is 1. The van der Waals surface area contributed by atoms with Crippen molar-refractivity contribution < 1.29 is 4.79 Å². The van der Waals surface area contributed by atoms with E-state index in [1.165, 1.54) is 56.9 Å². The fraction of sp³-hybridized carbons (Fsp3) is 0.708. The van der Waals surface area contributed by atoms with E-state index < -0.39 is 0 Å². The summed E-state index contributed by atoms with van der Waals surface area (Å²) in [6.45, 7) is 2.93. The summed E-state index contributed by atoms with van der Waals surface area (Å²) in [5.41, 5.74) is 1.29. The number of carbonyl (C=O) groups excluding carboxylic acids is 1. The van der Waals surface area contributed by atoms with Gasteiger partial charge in [0.05, 0.1) is 6.67 Å². The third kappa shape index (κ3) is 3.19. The van der Waals surface area contributed by atoms with E-state index in [1.54, 1.807) is 0 Å². The molecule has 5 rings (SSSR count). The maximum Gasteiger partial charge on any atom is 0.241 e. The fourth-order valence-electron chi connectivity index (χ4n) is 6.68. The van der Waals surface area contributed by atoms with E-state index in [0.717, 1.165) is 32.6 Å². The smallest absolute Gasteiger partial charge is 0.241 e. The van der Waals surface area contributed by atoms with Gasteiger partial charge in [0.1, 0.15) is 5.54 Å². The minimum atomic E-state index is -0.220. The molecule has 4 aliphatic rings. The van der Waals surface area contributed by atoms with Crippen molar-refractivity contribution in [1.82, 2.24) is 15.1 Å². The van der Waals surface area contributed by atoms with Gasteiger partial charge in [-0.3, -0.25) is 14.6 Å². The number of piperidine rings is 1. The second kappa shape index (κ2) is 7.79. The number of hydrogen-bond acceptors (Lipinski definition) is 3. The molecule has 2 saturated heterocycles. The molecule has 2 aliphatic heterocycles. The zero-order valence-corrected chi connectivity index (χ0v) is 17.1. The first-order valence-corrected chi connectivity index (χ1v) is 11.6. The van der Waals surface area contributed by atoms with Crippen LogP contribution in [0.4, 0.5) is 0 Å². The van der Waals surface area contributed by atoms with Crippen molar-refractivity contribution in [1.29, 1.82) is 0 Å². The normalized spacial score (nSPS) is 32.1. The Labute approximate surface area is 169 Å². The van der Waals surface area contributed by atoms with Crippen LogP contribution < -0.4 is 5.32 Å². The van der Waals surface area contributed by atoms with Crippen LogP contribution in [0.1, 0.15) is 75.7 Å². The van der Waals surface area contributed by atoms with Crippen molar-refractivity contribution in [3.8, 4) is 0 Å². The van der Waals surface area contributed by atoms with Crippen LogP contribution in [0.25, 0.3) is 0 Å². The molecule has 0 bridgehead atoms. The molecule has 152 valence electrons. The molecule has 1 aromatic carbocycles. The van der Waals surface area contributed by atoms with Crippen LogP contribution in [-0.4, -0.2) is 53.1 Å². The largest absolute Gasteiger partial charge is 0.342 e. The summed E-state index contributed by atoms with van der Waals surface area (Å²) in [6, 6.07) is 12.4. The SMILES string of the molecule is O=C1NCN(C2CCCC2)C12CCN([C@@H]1CCCC[C@@H]1c1ccccc1)CC2. The van der Waals surface area contributed by atoms with Gasteiger partial charge in [-0.25, -0.2) is 0 Å². The van der Waals surface area contributed by atoms with E-state index in [0.29, 0.717) is 23.9 Å². The second-order valence-electron chi connectivity index (χ2n) is 9.51. The average molecular weight is 382 g/mol. The molecule has 2 heterocycles. The van der Waals surface area contributed by atoms with Crippen molar-refractivity contribution in [2.24, 2.45) is 0 Å². The van der Waals surface area contributed by atoms with Crippen molar-refractivity contribution in [2.45, 2.75) is 87.7 Å². The lowest BCUT2D eigenvalue weighted by atomic mass is 9.77. The monoisotopic (exact) mass is 381 g/mol. The maximum absolute atomic E-state index is 12.9. The van der Waals surface area contributed by atoms with Gasteiger partial charge >= 0.3 is 0 Å². The molecule has 4 nitrogen and oxygen atoms in total. The van der Waals surface area contributed by atoms with Crippen LogP contribution in [0.2, 0.25) is 0 Å². The van der Waals surface area contributed by atoms with Gasteiger partial charge in [0.15, 0.2) is 0 Å². The maximum atomic E-state index is 12.9. The molecule has 0 unspecified atom stereocenters. The standard InChI is InChI=1S/C24H35N3O/c28-23-24(27(18-25-23)20-10-4-5-11-20)14-16-26(17-15-24)22-13-7-6-12-21(22)19-8-2-1-3-9-19/h1-3,8-9,20-22H,4-7,10-18H2,(H,25,28)/t21-,22-/m1/s1. The Morgan fingerprint density at radius 2 is 1.57 bits per heavy atom. The van der Waals surface area contributed by atoms with Gasteiger partial charge in [-0.2, -0.15) is 0 Å². The zero-order chi connectivity index (χ0) is 19.0. The van der Waals surface area contributed by atoms with Gasteiger partial charge in [0.25, 0.3) is 0 Å². The number of amides is 1. The Bertz CT molecular complexity index is 676. The van der Waals surface area contributed by atoms with E-state index in [1.807, 2.05) is 0 Å². The van der Waals surface area contributed by atoms with Gasteiger partial charge in [-0.1, -0.05) is 56.0 Å². The number of nitrogens with one attached hydrogen (secondary N) is 1. The van der Waals surface area contributed by atoms with Crippen LogP contribution in [-0.2, 0) is 4.79 Å². The Balaban J connectivity index is 1.31. The molecular weight excluding hydrogens is 346 g/mol. The second-order valence-corrected chi connectivity index (χ2v) is 9.51. The fourth-order valence-corrected chi connectivity index (χ4v) is 6.68. The lowest BCUT2D eigenvalue weighted by molar-refractivity contribution is -0.130. The lowest BCUT2D eigenvalue weighted by Crippen LogP contribution is -2.60. The summed E-state index contributed by atoms with van der Waals surface area (Å²) >= 11 is 0. The van der Waals surface area contributed by atoms with Crippen LogP contribution in [0.5, 0.6) is 0 Å². The molecule has 0 radical (unpaired) electrons. The van der Waals surface area contributed by atoms with Crippen molar-refractivity contribution in [3.63, 3.8) is 0 Å². The minimum Gasteiger partial charge on any atom is -0.342 e. The van der Waals surface area contributed by atoms with E-state index >= 15 is 0 Å². The molecule has 2 atom stereocenters. The summed E-state index contributed by atoms with van der Waals surface area (Å²) in [7, 11) is 0. The highest BCUT2D eigenvalue weighted by Gasteiger charge is 2.53. The molecule has 1 amide bonds. The molecular formula is C24H35N3O. The van der Waals surface area contributed by atoms with Crippen LogP contribution >= 0.6 is 0 Å². The molecule has 4 heteroatoms. The number of nitrogens with zero attached hydrogens (tertiary/aromatic N) is 2. The van der Waals surface area contributed by atoms with Crippen molar-refractivity contribution in [2.75, 3.05) is 19.8 Å². The summed E-state index contributed by atoms with van der Waals surface area (Å²) in [6.07, 6.45) is 12.6. The van der Waals surface area contributed by atoms with E-state index in [9.17, 15) is 4.79 Å². The van der Waals surface area contributed by atoms with E-state index in [4.69, 9.17) is 0 Å². The lowest BCUT2D eigenvalue weighted by Gasteiger charge is -2.49. The quantitative estimate of drug-likeness (QED) is 0.863. The van der Waals surface area contributed by atoms with E-state index in [-0.39, 0.29) is 5.54 Å². The summed E-state index contributed by atoms with van der Waals surface area (Å²) in [5.74, 6) is 0.967. The van der Waals surface area contributed by atoms with Gasteiger partial charge in [0, 0.05) is 25.2 Å². The Morgan fingerprint density at radius 1 is 0.893 bits per heavy atom. The van der Waals surface area contributed by atoms with Crippen molar-refractivity contribution >= 4 is 5.91 Å². The first-order chi connectivity index (χ1) is 13.8. The van der Waals surface area contributed by atoms with Gasteiger partial charge in [0.2, 0.25) is 5.91 Å². The Morgan fingerprint density at radius 3 is 2.32 bits per heavy atom. The van der Waals surface area contributed by atoms with Crippen molar-refractivity contribution in [3.05, 3.63) is 35.9 Å². The molecule has 0 aromatic heterocycles. The number of carbonyl (C=O) groups is 1. The highest BCUT2D eigenvalue weighted by atomic mass is 16.2. The number of likely N-dealkylation sites (tertiary alicyclic amines) is 1. The van der Waals surface area contributed by atoms with Crippen LogP contribution in [0.15, 0.2) is 30.3 Å². The van der Waals surface area contributed by atoms with Gasteiger partial charge in [-0.15, -0.1) is 0 Å². The molecule has 1 N–H and O–H groups in total. The molecule has 1 aromatic rings. The topological polar surface area (TPSA) is 35.6 Å². The van der Waals surface area contributed by atoms with Crippen LogP contribution in [0, 0.1) is 0 Å². The molecule has 4 fully saturated rings. The van der Waals surface area contributed by atoms with Gasteiger partial charge < -0.3 is 5.32 Å². The summed E-state index contributed by atoms with van der Waals surface area (Å²) in [5, 5.41) is 3.20. The highest BCUT2D eigenvalue weighted by Crippen LogP contribution is 2.42. The number of benzene rings is 1.